The lowest BCUT2D eigenvalue weighted by Gasteiger charge is -2.38. The molecule has 2 aromatic rings. The van der Waals surface area contributed by atoms with E-state index < -0.39 is 5.60 Å². The maximum absolute atomic E-state index is 13.6. The summed E-state index contributed by atoms with van der Waals surface area (Å²) in [7, 11) is 0. The molecule has 4 rings (SSSR count). The van der Waals surface area contributed by atoms with Gasteiger partial charge in [0.1, 0.15) is 0 Å². The Morgan fingerprint density at radius 3 is 1.90 bits per heavy atom. The summed E-state index contributed by atoms with van der Waals surface area (Å²) in [5, 5.41) is 11.7. The third-order valence-electron chi connectivity index (χ3n) is 6.65. The third-order valence-corrected chi connectivity index (χ3v) is 6.65. The minimum absolute atomic E-state index is 0.201. The van der Waals surface area contributed by atoms with E-state index >= 15 is 0 Å². The number of benzene rings is 2. The highest BCUT2D eigenvalue weighted by Crippen LogP contribution is 2.33. The van der Waals surface area contributed by atoms with Gasteiger partial charge < -0.3 is 14.9 Å². The number of carbonyl (C=O) groups excluding carboxylic acids is 1. The van der Waals surface area contributed by atoms with E-state index in [1.807, 2.05) is 65.6 Å². The number of aliphatic hydroxyl groups is 1. The number of amides is 1. The fourth-order valence-electron chi connectivity index (χ4n) is 4.80. The van der Waals surface area contributed by atoms with Crippen molar-refractivity contribution in [3.05, 3.63) is 71.8 Å². The van der Waals surface area contributed by atoms with Crippen LogP contribution in [0.4, 0.5) is 0 Å². The second-order valence-corrected chi connectivity index (χ2v) is 8.52. The summed E-state index contributed by atoms with van der Waals surface area (Å²) < 4.78 is 0. The predicted molar refractivity (Wildman–Crippen MR) is 115 cm³/mol. The van der Waals surface area contributed by atoms with Crippen molar-refractivity contribution in [3.63, 3.8) is 0 Å². The second-order valence-electron chi connectivity index (χ2n) is 8.52. The Labute approximate surface area is 174 Å². The molecule has 4 heteroatoms. The van der Waals surface area contributed by atoms with Gasteiger partial charge in [-0.2, -0.15) is 0 Å². The first kappa shape index (κ1) is 20.1. The SMILES string of the molecule is O=C(N1CCC(CCN2CCCC2)CC1)C(O)(c1ccccc1)c1ccccc1. The fourth-order valence-corrected chi connectivity index (χ4v) is 4.80. The molecule has 2 fully saturated rings. The van der Waals surface area contributed by atoms with Gasteiger partial charge in [0.25, 0.3) is 5.91 Å². The van der Waals surface area contributed by atoms with Gasteiger partial charge in [-0.05, 0) is 68.8 Å². The number of rotatable bonds is 6. The molecule has 0 aliphatic carbocycles. The molecule has 2 heterocycles. The number of piperidine rings is 1. The second kappa shape index (κ2) is 9.10. The van der Waals surface area contributed by atoms with Crippen LogP contribution in [0.3, 0.4) is 0 Å². The summed E-state index contributed by atoms with van der Waals surface area (Å²) in [6.07, 6.45) is 5.96. The van der Waals surface area contributed by atoms with Crippen molar-refractivity contribution in [2.45, 2.75) is 37.7 Å². The summed E-state index contributed by atoms with van der Waals surface area (Å²) in [5.41, 5.74) is -0.370. The lowest BCUT2D eigenvalue weighted by molar-refractivity contribution is -0.149. The molecule has 0 atom stereocenters. The largest absolute Gasteiger partial charge is 0.372 e. The number of carbonyl (C=O) groups is 1. The smallest absolute Gasteiger partial charge is 0.263 e. The van der Waals surface area contributed by atoms with Gasteiger partial charge >= 0.3 is 0 Å². The van der Waals surface area contributed by atoms with Crippen molar-refractivity contribution in [1.29, 1.82) is 0 Å². The van der Waals surface area contributed by atoms with Crippen molar-refractivity contribution in [3.8, 4) is 0 Å². The molecule has 0 bridgehead atoms. The first-order valence-electron chi connectivity index (χ1n) is 11.0. The van der Waals surface area contributed by atoms with Gasteiger partial charge in [0, 0.05) is 13.1 Å². The van der Waals surface area contributed by atoms with Crippen molar-refractivity contribution >= 4 is 5.91 Å². The minimum atomic E-state index is -1.63. The molecule has 0 saturated carbocycles. The Balaban J connectivity index is 1.45. The van der Waals surface area contributed by atoms with Crippen LogP contribution in [0.25, 0.3) is 0 Å². The molecule has 0 spiro atoms. The van der Waals surface area contributed by atoms with E-state index in [0.29, 0.717) is 17.0 Å². The van der Waals surface area contributed by atoms with Crippen LogP contribution < -0.4 is 0 Å². The summed E-state index contributed by atoms with van der Waals surface area (Å²) in [4.78, 5) is 18.0. The summed E-state index contributed by atoms with van der Waals surface area (Å²) >= 11 is 0. The van der Waals surface area contributed by atoms with Crippen LogP contribution in [0.15, 0.2) is 60.7 Å². The van der Waals surface area contributed by atoms with Gasteiger partial charge in [-0.3, -0.25) is 4.79 Å². The highest BCUT2D eigenvalue weighted by Gasteiger charge is 2.43. The molecule has 0 unspecified atom stereocenters. The molecule has 2 aliphatic rings. The Morgan fingerprint density at radius 1 is 0.862 bits per heavy atom. The molecule has 0 radical (unpaired) electrons. The molecule has 0 aromatic heterocycles. The van der Waals surface area contributed by atoms with E-state index in [9.17, 15) is 9.90 Å². The highest BCUT2D eigenvalue weighted by atomic mass is 16.3. The predicted octanol–water partition coefficient (Wildman–Crippen LogP) is 3.65. The van der Waals surface area contributed by atoms with Gasteiger partial charge in [-0.15, -0.1) is 0 Å². The Hall–Kier alpha value is -2.17. The average molecular weight is 393 g/mol. The third kappa shape index (κ3) is 4.39. The van der Waals surface area contributed by atoms with Crippen LogP contribution in [0.5, 0.6) is 0 Å². The van der Waals surface area contributed by atoms with E-state index in [1.165, 1.54) is 38.9 Å². The molecular weight excluding hydrogens is 360 g/mol. The standard InChI is InChI=1S/C25H32N2O2/c28-24(27-19-14-21(15-20-27)13-18-26-16-7-8-17-26)25(29,22-9-3-1-4-10-22)23-11-5-2-6-12-23/h1-6,9-12,21,29H,7-8,13-20H2. The van der Waals surface area contributed by atoms with Crippen molar-refractivity contribution in [2.75, 3.05) is 32.7 Å². The number of hydrogen-bond donors (Lipinski definition) is 1. The van der Waals surface area contributed by atoms with E-state index in [4.69, 9.17) is 0 Å². The number of hydrogen-bond acceptors (Lipinski definition) is 3. The molecule has 1 N–H and O–H groups in total. The quantitative estimate of drug-likeness (QED) is 0.816. The Bertz CT molecular complexity index is 739. The zero-order valence-corrected chi connectivity index (χ0v) is 17.2. The van der Waals surface area contributed by atoms with Crippen LogP contribution >= 0.6 is 0 Å². The maximum atomic E-state index is 13.6. The Morgan fingerprint density at radius 2 is 1.38 bits per heavy atom. The van der Waals surface area contributed by atoms with Gasteiger partial charge in [0.15, 0.2) is 5.60 Å². The summed E-state index contributed by atoms with van der Waals surface area (Å²) in [5.74, 6) is 0.481. The van der Waals surface area contributed by atoms with Crippen LogP contribution in [-0.4, -0.2) is 53.5 Å². The monoisotopic (exact) mass is 392 g/mol. The van der Waals surface area contributed by atoms with Crippen molar-refractivity contribution in [1.82, 2.24) is 9.80 Å². The first-order valence-corrected chi connectivity index (χ1v) is 11.0. The lowest BCUT2D eigenvalue weighted by atomic mass is 9.84. The molecule has 2 aliphatic heterocycles. The molecular formula is C25H32N2O2. The van der Waals surface area contributed by atoms with Gasteiger partial charge in [-0.1, -0.05) is 60.7 Å². The van der Waals surface area contributed by atoms with Crippen LogP contribution in [-0.2, 0) is 10.4 Å². The van der Waals surface area contributed by atoms with E-state index in [2.05, 4.69) is 4.90 Å². The topological polar surface area (TPSA) is 43.8 Å². The minimum Gasteiger partial charge on any atom is -0.372 e. The van der Waals surface area contributed by atoms with E-state index in [-0.39, 0.29) is 5.91 Å². The normalized spacial score (nSPS) is 18.9. The number of nitrogens with zero attached hydrogens (tertiary/aromatic N) is 2. The van der Waals surface area contributed by atoms with Crippen LogP contribution in [0.1, 0.15) is 43.2 Å². The molecule has 1 amide bonds. The van der Waals surface area contributed by atoms with Crippen molar-refractivity contribution in [2.24, 2.45) is 5.92 Å². The van der Waals surface area contributed by atoms with Gasteiger partial charge in [-0.25, -0.2) is 0 Å². The zero-order chi connectivity index (χ0) is 20.1. The summed E-state index contributed by atoms with van der Waals surface area (Å²) in [6, 6.07) is 18.7. The average Bonchev–Trinajstić information content (AvgIpc) is 3.32. The zero-order valence-electron chi connectivity index (χ0n) is 17.2. The molecule has 2 saturated heterocycles. The van der Waals surface area contributed by atoms with Gasteiger partial charge in [0.05, 0.1) is 0 Å². The maximum Gasteiger partial charge on any atom is 0.263 e. The molecule has 154 valence electrons. The summed E-state index contributed by atoms with van der Waals surface area (Å²) in [6.45, 7) is 5.14. The fraction of sp³-hybridized carbons (Fsp3) is 0.480. The first-order chi connectivity index (χ1) is 14.2. The van der Waals surface area contributed by atoms with Crippen LogP contribution in [0, 0.1) is 5.92 Å². The molecule has 29 heavy (non-hydrogen) atoms. The van der Waals surface area contributed by atoms with Crippen LogP contribution in [0.2, 0.25) is 0 Å². The molecule has 4 nitrogen and oxygen atoms in total. The Kier molecular flexibility index (Phi) is 6.31. The van der Waals surface area contributed by atoms with E-state index in [0.717, 1.165) is 25.9 Å². The van der Waals surface area contributed by atoms with Crippen molar-refractivity contribution < 1.29 is 9.90 Å². The van der Waals surface area contributed by atoms with Gasteiger partial charge in [0.2, 0.25) is 0 Å². The lowest BCUT2D eigenvalue weighted by Crippen LogP contribution is -2.50. The van der Waals surface area contributed by atoms with E-state index in [1.54, 1.807) is 0 Å². The number of likely N-dealkylation sites (tertiary alicyclic amines) is 2. The highest BCUT2D eigenvalue weighted by molar-refractivity contribution is 5.90. The molecule has 2 aromatic carbocycles.